The first kappa shape index (κ1) is 14.0. The lowest BCUT2D eigenvalue weighted by Crippen LogP contribution is -2.41. The van der Waals surface area contributed by atoms with Crippen LogP contribution < -0.4 is 5.32 Å². The monoisotopic (exact) mass is 293 g/mol. The van der Waals surface area contributed by atoms with Crippen molar-refractivity contribution in [3.05, 3.63) is 29.6 Å². The molecule has 2 aliphatic heterocycles. The van der Waals surface area contributed by atoms with E-state index in [-0.39, 0.29) is 6.10 Å². The molecule has 0 radical (unpaired) electrons. The van der Waals surface area contributed by atoms with Crippen LogP contribution in [0.2, 0.25) is 0 Å². The van der Waals surface area contributed by atoms with E-state index in [2.05, 4.69) is 5.32 Å². The lowest BCUT2D eigenvalue weighted by Gasteiger charge is -2.24. The molecule has 0 aliphatic carbocycles. The van der Waals surface area contributed by atoms with Crippen molar-refractivity contribution < 1.29 is 23.8 Å². The molecule has 4 atom stereocenters. The zero-order valence-electron chi connectivity index (χ0n) is 11.5. The van der Waals surface area contributed by atoms with Crippen LogP contribution in [0.4, 0.5) is 10.1 Å². The highest BCUT2D eigenvalue weighted by atomic mass is 19.1. The van der Waals surface area contributed by atoms with Gasteiger partial charge in [0.15, 0.2) is 0 Å². The molecular formula is C15H16FNO4. The number of aryl methyl sites for hydroxylation is 1. The Hall–Kier alpha value is -1.95. The first-order valence-corrected chi connectivity index (χ1v) is 6.92. The normalized spacial score (nSPS) is 30.4. The summed E-state index contributed by atoms with van der Waals surface area (Å²) in [5, 5.41) is 11.9. The quantitative estimate of drug-likeness (QED) is 0.893. The largest absolute Gasteiger partial charge is 0.481 e. The maximum absolute atomic E-state index is 13.3. The van der Waals surface area contributed by atoms with Gasteiger partial charge in [-0.1, -0.05) is 6.07 Å². The van der Waals surface area contributed by atoms with Crippen LogP contribution in [0.25, 0.3) is 0 Å². The van der Waals surface area contributed by atoms with E-state index in [0.717, 1.165) is 5.56 Å². The van der Waals surface area contributed by atoms with Crippen molar-refractivity contribution in [2.45, 2.75) is 32.0 Å². The Labute approximate surface area is 121 Å². The number of carboxylic acid groups (broad SMARTS) is 1. The van der Waals surface area contributed by atoms with Gasteiger partial charge in [-0.15, -0.1) is 0 Å². The van der Waals surface area contributed by atoms with Crippen molar-refractivity contribution in [2.24, 2.45) is 11.8 Å². The Bertz CT molecular complexity index is 603. The van der Waals surface area contributed by atoms with Crippen LogP contribution in [0, 0.1) is 24.6 Å². The molecule has 2 N–H and O–H groups in total. The second-order valence-corrected chi connectivity index (χ2v) is 5.63. The highest BCUT2D eigenvalue weighted by Crippen LogP contribution is 2.44. The highest BCUT2D eigenvalue weighted by Gasteiger charge is 2.55. The minimum Gasteiger partial charge on any atom is -0.481 e. The summed E-state index contributed by atoms with van der Waals surface area (Å²) in [5.41, 5.74) is 1.09. The standard InChI is InChI=1S/C15H16FNO4/c1-7-2-3-8(16)6-9(7)17-14(18)12-10-4-5-11(21-10)13(12)15(19)20/h2-3,6,10-13H,4-5H2,1H3,(H,17,18)(H,19,20)/t10-,11-,12+,13+/m1/s1. The molecule has 21 heavy (non-hydrogen) atoms. The second kappa shape index (κ2) is 5.11. The lowest BCUT2D eigenvalue weighted by atomic mass is 9.78. The Kier molecular flexibility index (Phi) is 3.41. The number of nitrogens with one attached hydrogen (secondary N) is 1. The molecule has 0 spiro atoms. The molecule has 1 aromatic rings. The van der Waals surface area contributed by atoms with Crippen LogP contribution in [0.3, 0.4) is 0 Å². The molecular weight excluding hydrogens is 277 g/mol. The number of anilines is 1. The van der Waals surface area contributed by atoms with Gasteiger partial charge < -0.3 is 15.2 Å². The summed E-state index contributed by atoms with van der Waals surface area (Å²) in [7, 11) is 0. The van der Waals surface area contributed by atoms with Gasteiger partial charge >= 0.3 is 5.97 Å². The van der Waals surface area contributed by atoms with Crippen molar-refractivity contribution in [1.82, 2.24) is 0 Å². The summed E-state index contributed by atoms with van der Waals surface area (Å²) in [6.45, 7) is 1.75. The SMILES string of the molecule is Cc1ccc(F)cc1NC(=O)[C@@H]1[C@@H](C(=O)O)[C@H]2CC[C@H]1O2. The number of rotatable bonds is 3. The van der Waals surface area contributed by atoms with Gasteiger partial charge in [-0.25, -0.2) is 4.39 Å². The van der Waals surface area contributed by atoms with E-state index in [0.29, 0.717) is 18.5 Å². The predicted molar refractivity (Wildman–Crippen MR) is 72.3 cm³/mol. The molecule has 112 valence electrons. The molecule has 2 aliphatic rings. The van der Waals surface area contributed by atoms with Gasteiger partial charge in [-0.05, 0) is 37.5 Å². The molecule has 0 unspecified atom stereocenters. The van der Waals surface area contributed by atoms with E-state index in [1.807, 2.05) is 0 Å². The van der Waals surface area contributed by atoms with Crippen LogP contribution in [-0.2, 0) is 14.3 Å². The summed E-state index contributed by atoms with van der Waals surface area (Å²) >= 11 is 0. The first-order valence-electron chi connectivity index (χ1n) is 6.92. The molecule has 5 nitrogen and oxygen atoms in total. The molecule has 0 aromatic heterocycles. The second-order valence-electron chi connectivity index (χ2n) is 5.63. The van der Waals surface area contributed by atoms with Crippen LogP contribution in [0.5, 0.6) is 0 Å². The lowest BCUT2D eigenvalue weighted by molar-refractivity contribution is -0.147. The van der Waals surface area contributed by atoms with Gasteiger partial charge in [-0.2, -0.15) is 0 Å². The molecule has 6 heteroatoms. The Morgan fingerprint density at radius 3 is 2.62 bits per heavy atom. The fourth-order valence-electron chi connectivity index (χ4n) is 3.27. The van der Waals surface area contributed by atoms with E-state index in [1.165, 1.54) is 12.1 Å². The Morgan fingerprint density at radius 2 is 1.95 bits per heavy atom. The van der Waals surface area contributed by atoms with E-state index >= 15 is 0 Å². The number of carbonyl (C=O) groups is 2. The third-order valence-electron chi connectivity index (χ3n) is 4.32. The van der Waals surface area contributed by atoms with Crippen molar-refractivity contribution in [2.75, 3.05) is 5.32 Å². The molecule has 0 saturated carbocycles. The average Bonchev–Trinajstić information content (AvgIpc) is 3.03. The van der Waals surface area contributed by atoms with Gasteiger partial charge in [0.2, 0.25) is 5.91 Å². The summed E-state index contributed by atoms with van der Waals surface area (Å²) in [4.78, 5) is 23.8. The van der Waals surface area contributed by atoms with Crippen molar-refractivity contribution in [3.63, 3.8) is 0 Å². The molecule has 1 amide bonds. The molecule has 2 fully saturated rings. The van der Waals surface area contributed by atoms with E-state index in [9.17, 15) is 19.1 Å². The van der Waals surface area contributed by atoms with Gasteiger partial charge in [0.05, 0.1) is 24.0 Å². The number of fused-ring (bicyclic) bond motifs is 2. The predicted octanol–water partition coefficient (Wildman–Crippen LogP) is 1.95. The number of carboxylic acids is 1. The average molecular weight is 293 g/mol. The zero-order valence-corrected chi connectivity index (χ0v) is 11.5. The maximum Gasteiger partial charge on any atom is 0.310 e. The van der Waals surface area contributed by atoms with Crippen molar-refractivity contribution in [3.8, 4) is 0 Å². The Morgan fingerprint density at radius 1 is 1.29 bits per heavy atom. The van der Waals surface area contributed by atoms with Gasteiger partial charge in [0.25, 0.3) is 0 Å². The van der Waals surface area contributed by atoms with Gasteiger partial charge in [-0.3, -0.25) is 9.59 Å². The number of carbonyl (C=O) groups excluding carboxylic acids is 1. The molecule has 2 heterocycles. The zero-order chi connectivity index (χ0) is 15.1. The fraction of sp³-hybridized carbons (Fsp3) is 0.467. The maximum atomic E-state index is 13.3. The summed E-state index contributed by atoms with van der Waals surface area (Å²) in [6.07, 6.45) is 0.612. The van der Waals surface area contributed by atoms with Crippen molar-refractivity contribution >= 4 is 17.6 Å². The summed E-state index contributed by atoms with van der Waals surface area (Å²) < 4.78 is 18.8. The molecule has 3 rings (SSSR count). The summed E-state index contributed by atoms with van der Waals surface area (Å²) in [6, 6.07) is 4.11. The van der Waals surface area contributed by atoms with Gasteiger partial charge in [0.1, 0.15) is 5.82 Å². The number of hydrogen-bond donors (Lipinski definition) is 2. The van der Waals surface area contributed by atoms with Gasteiger partial charge in [0, 0.05) is 5.69 Å². The highest BCUT2D eigenvalue weighted by molar-refractivity contribution is 5.96. The van der Waals surface area contributed by atoms with Crippen LogP contribution in [0.1, 0.15) is 18.4 Å². The first-order chi connectivity index (χ1) is 9.97. The number of halogens is 1. The van der Waals surface area contributed by atoms with Crippen LogP contribution in [0.15, 0.2) is 18.2 Å². The van der Waals surface area contributed by atoms with E-state index in [4.69, 9.17) is 4.74 Å². The van der Waals surface area contributed by atoms with E-state index in [1.54, 1.807) is 13.0 Å². The molecule has 1 aromatic carbocycles. The minimum atomic E-state index is -1.02. The number of ether oxygens (including phenoxy) is 1. The number of amides is 1. The number of aliphatic carboxylic acids is 1. The van der Waals surface area contributed by atoms with Crippen molar-refractivity contribution in [1.29, 1.82) is 0 Å². The fourth-order valence-corrected chi connectivity index (χ4v) is 3.27. The van der Waals surface area contributed by atoms with E-state index < -0.39 is 35.6 Å². The minimum absolute atomic E-state index is 0.357. The third-order valence-corrected chi connectivity index (χ3v) is 4.32. The molecule has 2 bridgehead atoms. The van der Waals surface area contributed by atoms with Crippen LogP contribution >= 0.6 is 0 Å². The number of benzene rings is 1. The Balaban J connectivity index is 1.81. The third kappa shape index (κ3) is 2.40. The molecule has 2 saturated heterocycles. The number of hydrogen-bond acceptors (Lipinski definition) is 3. The topological polar surface area (TPSA) is 75.6 Å². The van der Waals surface area contributed by atoms with Crippen LogP contribution in [-0.4, -0.2) is 29.2 Å². The summed E-state index contributed by atoms with van der Waals surface area (Å²) in [5.74, 6) is -3.42. The smallest absolute Gasteiger partial charge is 0.310 e.